The Morgan fingerprint density at radius 3 is 2.86 bits per heavy atom. The van der Waals surface area contributed by atoms with E-state index in [9.17, 15) is 4.79 Å². The lowest BCUT2D eigenvalue weighted by Gasteiger charge is -2.16. The van der Waals surface area contributed by atoms with Crippen LogP contribution in [0.4, 0.5) is 4.79 Å². The number of thiazole rings is 1. The fourth-order valence-electron chi connectivity index (χ4n) is 2.00. The highest BCUT2D eigenvalue weighted by molar-refractivity contribution is 7.09. The van der Waals surface area contributed by atoms with Crippen LogP contribution in [0.25, 0.3) is 0 Å². The lowest BCUT2D eigenvalue weighted by atomic mass is 10.2. The van der Waals surface area contributed by atoms with Crippen LogP contribution in [0.1, 0.15) is 43.3 Å². The second kappa shape index (κ2) is 7.26. The van der Waals surface area contributed by atoms with E-state index < -0.39 is 0 Å². The van der Waals surface area contributed by atoms with Gasteiger partial charge in [0.1, 0.15) is 5.76 Å². The first-order valence-electron chi connectivity index (χ1n) is 7.12. The molecular weight excluding hydrogens is 286 g/mol. The fraction of sp³-hybridized carbons (Fsp3) is 0.467. The van der Waals surface area contributed by atoms with Gasteiger partial charge in [-0.05, 0) is 32.4 Å². The SMILES string of the molecule is CCc1nc([C@@H](C)NC(=O)N[C@H](C)Cc2ccco2)cs1. The summed E-state index contributed by atoms with van der Waals surface area (Å²) in [5, 5.41) is 8.90. The largest absolute Gasteiger partial charge is 0.469 e. The van der Waals surface area contributed by atoms with Gasteiger partial charge in [0.25, 0.3) is 0 Å². The highest BCUT2D eigenvalue weighted by Gasteiger charge is 2.14. The molecule has 0 aliphatic rings. The minimum absolute atomic E-state index is 0.00462. The molecule has 2 heterocycles. The number of carbonyl (C=O) groups is 1. The molecule has 0 bridgehead atoms. The molecule has 0 spiro atoms. The van der Waals surface area contributed by atoms with Crippen molar-refractivity contribution in [2.24, 2.45) is 0 Å². The predicted octanol–water partition coefficient (Wildman–Crippen LogP) is 3.29. The number of urea groups is 1. The van der Waals surface area contributed by atoms with Crippen molar-refractivity contribution in [3.63, 3.8) is 0 Å². The van der Waals surface area contributed by atoms with Crippen LogP contribution in [-0.4, -0.2) is 17.1 Å². The first kappa shape index (κ1) is 15.6. The molecule has 0 saturated carbocycles. The van der Waals surface area contributed by atoms with Gasteiger partial charge in [0.2, 0.25) is 0 Å². The monoisotopic (exact) mass is 307 g/mol. The third-order valence-electron chi connectivity index (χ3n) is 3.13. The van der Waals surface area contributed by atoms with Crippen LogP contribution in [0.5, 0.6) is 0 Å². The molecule has 2 amide bonds. The Balaban J connectivity index is 1.80. The molecule has 0 aliphatic heterocycles. The van der Waals surface area contributed by atoms with Gasteiger partial charge in [-0.1, -0.05) is 6.92 Å². The summed E-state index contributed by atoms with van der Waals surface area (Å²) in [6, 6.07) is 3.47. The first-order valence-corrected chi connectivity index (χ1v) is 8.00. The van der Waals surface area contributed by atoms with Gasteiger partial charge in [-0.3, -0.25) is 0 Å². The maximum absolute atomic E-state index is 12.0. The van der Waals surface area contributed by atoms with E-state index in [1.807, 2.05) is 31.4 Å². The molecule has 0 aliphatic carbocycles. The fourth-order valence-corrected chi connectivity index (χ4v) is 2.84. The molecule has 2 aromatic heterocycles. The maximum Gasteiger partial charge on any atom is 0.315 e. The van der Waals surface area contributed by atoms with Crippen LogP contribution >= 0.6 is 11.3 Å². The van der Waals surface area contributed by atoms with Gasteiger partial charge in [0, 0.05) is 17.8 Å². The summed E-state index contributed by atoms with van der Waals surface area (Å²) in [6.45, 7) is 5.96. The normalized spacial score (nSPS) is 13.7. The van der Waals surface area contributed by atoms with E-state index in [2.05, 4.69) is 22.5 Å². The zero-order valence-electron chi connectivity index (χ0n) is 12.6. The van der Waals surface area contributed by atoms with Crippen LogP contribution < -0.4 is 10.6 Å². The molecule has 6 heteroatoms. The Morgan fingerprint density at radius 2 is 2.24 bits per heavy atom. The van der Waals surface area contributed by atoms with Crippen molar-refractivity contribution in [2.75, 3.05) is 0 Å². The Kier molecular flexibility index (Phi) is 5.38. The first-order chi connectivity index (χ1) is 10.1. The van der Waals surface area contributed by atoms with E-state index >= 15 is 0 Å². The van der Waals surface area contributed by atoms with Crippen LogP contribution in [-0.2, 0) is 12.8 Å². The van der Waals surface area contributed by atoms with Crippen molar-refractivity contribution in [1.29, 1.82) is 0 Å². The van der Waals surface area contributed by atoms with E-state index in [-0.39, 0.29) is 18.1 Å². The molecule has 2 rings (SSSR count). The quantitative estimate of drug-likeness (QED) is 0.860. The van der Waals surface area contributed by atoms with Crippen LogP contribution in [0, 0.1) is 0 Å². The number of aryl methyl sites for hydroxylation is 1. The molecule has 2 N–H and O–H groups in total. The van der Waals surface area contributed by atoms with Crippen molar-refractivity contribution in [2.45, 2.75) is 45.7 Å². The standard InChI is InChI=1S/C15H21N3O2S/c1-4-14-18-13(9-21-14)11(3)17-15(19)16-10(2)8-12-6-5-7-20-12/h5-7,9-11H,4,8H2,1-3H3,(H2,16,17,19)/t10-,11-/m1/s1. The average molecular weight is 307 g/mol. The molecule has 0 aromatic carbocycles. The van der Waals surface area contributed by atoms with Crippen LogP contribution in [0.2, 0.25) is 0 Å². The van der Waals surface area contributed by atoms with Crippen molar-refractivity contribution in [3.8, 4) is 0 Å². The second-order valence-corrected chi connectivity index (χ2v) is 5.99. The van der Waals surface area contributed by atoms with Crippen molar-refractivity contribution >= 4 is 17.4 Å². The average Bonchev–Trinajstić information content (AvgIpc) is 3.08. The van der Waals surface area contributed by atoms with E-state index in [1.54, 1.807) is 17.6 Å². The molecule has 21 heavy (non-hydrogen) atoms. The van der Waals surface area contributed by atoms with Gasteiger partial charge < -0.3 is 15.1 Å². The summed E-state index contributed by atoms with van der Waals surface area (Å²) in [7, 11) is 0. The summed E-state index contributed by atoms with van der Waals surface area (Å²) >= 11 is 1.63. The predicted molar refractivity (Wildman–Crippen MR) is 83.4 cm³/mol. The van der Waals surface area contributed by atoms with Gasteiger partial charge in [0.05, 0.1) is 23.0 Å². The molecule has 2 atom stereocenters. The summed E-state index contributed by atoms with van der Waals surface area (Å²) in [4.78, 5) is 16.4. The molecule has 5 nitrogen and oxygen atoms in total. The molecule has 0 radical (unpaired) electrons. The molecular formula is C15H21N3O2S. The number of nitrogens with zero attached hydrogens (tertiary/aromatic N) is 1. The van der Waals surface area contributed by atoms with E-state index in [1.165, 1.54) is 0 Å². The zero-order chi connectivity index (χ0) is 15.2. The van der Waals surface area contributed by atoms with E-state index in [0.29, 0.717) is 6.42 Å². The highest BCUT2D eigenvalue weighted by atomic mass is 32.1. The number of nitrogens with one attached hydrogen (secondary N) is 2. The van der Waals surface area contributed by atoms with Gasteiger partial charge in [-0.15, -0.1) is 11.3 Å². The summed E-state index contributed by atoms with van der Waals surface area (Å²) < 4.78 is 5.27. The van der Waals surface area contributed by atoms with Crippen molar-refractivity contribution in [1.82, 2.24) is 15.6 Å². The zero-order valence-corrected chi connectivity index (χ0v) is 13.4. The molecule has 0 unspecified atom stereocenters. The number of hydrogen-bond donors (Lipinski definition) is 2. The summed E-state index contributed by atoms with van der Waals surface area (Å²) in [5.41, 5.74) is 0.908. The number of rotatable bonds is 6. The number of amides is 2. The maximum atomic E-state index is 12.0. The molecule has 114 valence electrons. The van der Waals surface area contributed by atoms with Crippen molar-refractivity contribution in [3.05, 3.63) is 40.2 Å². The second-order valence-electron chi connectivity index (χ2n) is 5.04. The number of carbonyl (C=O) groups excluding carboxylic acids is 1. The highest BCUT2D eigenvalue weighted by Crippen LogP contribution is 2.16. The third kappa shape index (κ3) is 4.60. The Hall–Kier alpha value is -1.82. The lowest BCUT2D eigenvalue weighted by Crippen LogP contribution is -2.42. The number of hydrogen-bond acceptors (Lipinski definition) is 4. The molecule has 0 fully saturated rings. The number of furan rings is 1. The minimum atomic E-state index is -0.187. The van der Waals surface area contributed by atoms with Gasteiger partial charge >= 0.3 is 6.03 Å². The number of aromatic nitrogens is 1. The van der Waals surface area contributed by atoms with Gasteiger partial charge in [-0.2, -0.15) is 0 Å². The van der Waals surface area contributed by atoms with Gasteiger partial charge in [0.15, 0.2) is 0 Å². The van der Waals surface area contributed by atoms with E-state index in [4.69, 9.17) is 4.42 Å². The summed E-state index contributed by atoms with van der Waals surface area (Å²) in [6.07, 6.45) is 3.23. The Bertz CT molecular complexity index is 565. The lowest BCUT2D eigenvalue weighted by molar-refractivity contribution is 0.234. The molecule has 2 aromatic rings. The smallest absolute Gasteiger partial charge is 0.315 e. The van der Waals surface area contributed by atoms with Crippen molar-refractivity contribution < 1.29 is 9.21 Å². The Morgan fingerprint density at radius 1 is 1.43 bits per heavy atom. The topological polar surface area (TPSA) is 67.2 Å². The Labute approximate surface area is 128 Å². The van der Waals surface area contributed by atoms with Gasteiger partial charge in [-0.25, -0.2) is 9.78 Å². The minimum Gasteiger partial charge on any atom is -0.469 e. The third-order valence-corrected chi connectivity index (χ3v) is 4.14. The van der Waals surface area contributed by atoms with E-state index in [0.717, 1.165) is 22.9 Å². The van der Waals surface area contributed by atoms with Crippen LogP contribution in [0.3, 0.4) is 0 Å². The molecule has 0 saturated heterocycles. The summed E-state index contributed by atoms with van der Waals surface area (Å²) in [5.74, 6) is 0.864. The van der Waals surface area contributed by atoms with Crippen LogP contribution in [0.15, 0.2) is 28.2 Å².